The van der Waals surface area contributed by atoms with Gasteiger partial charge >= 0.3 is 0 Å². The fraction of sp³-hybridized carbons (Fsp3) is 0.500. The van der Waals surface area contributed by atoms with Crippen molar-refractivity contribution < 1.29 is 9.47 Å². The molecule has 0 saturated carbocycles. The van der Waals surface area contributed by atoms with E-state index in [-0.39, 0.29) is 6.10 Å². The number of rotatable bonds is 4. The number of hydrogen-bond donors (Lipinski definition) is 0. The summed E-state index contributed by atoms with van der Waals surface area (Å²) < 4.78 is 12.9. The Hall–Kier alpha value is -0.0600. The molecule has 1 aromatic rings. The summed E-state index contributed by atoms with van der Waals surface area (Å²) in [4.78, 5) is 0. The van der Waals surface area contributed by atoms with Gasteiger partial charge in [0.2, 0.25) is 0 Å². The summed E-state index contributed by atoms with van der Waals surface area (Å²) in [5, 5.41) is 0. The van der Waals surface area contributed by atoms with Gasteiger partial charge in [-0.3, -0.25) is 0 Å². The molecule has 16 heavy (non-hydrogen) atoms. The van der Waals surface area contributed by atoms with E-state index in [0.29, 0.717) is 12.5 Å². The minimum atomic E-state index is 0.287. The molecule has 1 aliphatic heterocycles. The lowest BCUT2D eigenvalue weighted by molar-refractivity contribution is 0.261. The van der Waals surface area contributed by atoms with Crippen molar-refractivity contribution in [1.29, 1.82) is 0 Å². The Balaban J connectivity index is 2.16. The van der Waals surface area contributed by atoms with Crippen molar-refractivity contribution in [1.82, 2.24) is 0 Å². The molecule has 1 saturated heterocycles. The number of epoxide rings is 1. The molecule has 0 spiro atoms. The summed E-state index contributed by atoms with van der Waals surface area (Å²) in [5.41, 5.74) is 1.28. The summed E-state index contributed by atoms with van der Waals surface area (Å²) in [6.07, 6.45) is 0.287. The van der Waals surface area contributed by atoms with Crippen LogP contribution >= 0.6 is 31.9 Å². The maximum Gasteiger partial charge on any atom is 0.134 e. The van der Waals surface area contributed by atoms with E-state index in [9.17, 15) is 0 Å². The molecule has 4 heteroatoms. The molecular formula is C12H14Br2O2. The number of ether oxygens (including phenoxy) is 2. The van der Waals surface area contributed by atoms with Crippen LogP contribution in [-0.4, -0.2) is 19.3 Å². The predicted molar refractivity (Wildman–Crippen MR) is 71.2 cm³/mol. The molecular weight excluding hydrogens is 336 g/mol. The largest absolute Gasteiger partial charge is 0.490 e. The summed E-state index contributed by atoms with van der Waals surface area (Å²) in [6, 6.07) is 4.11. The van der Waals surface area contributed by atoms with Crippen molar-refractivity contribution in [2.45, 2.75) is 25.9 Å². The van der Waals surface area contributed by atoms with Gasteiger partial charge in [0, 0.05) is 4.47 Å². The van der Waals surface area contributed by atoms with Crippen molar-refractivity contribution in [3.63, 3.8) is 0 Å². The Kier molecular flexibility index (Phi) is 3.93. The normalized spacial score (nSPS) is 18.9. The fourth-order valence-electron chi connectivity index (χ4n) is 1.45. The van der Waals surface area contributed by atoms with Gasteiger partial charge in [-0.1, -0.05) is 19.9 Å². The molecule has 1 aliphatic rings. The van der Waals surface area contributed by atoms with Crippen LogP contribution in [0, 0.1) is 0 Å². The summed E-state index contributed by atoms with van der Waals surface area (Å²) >= 11 is 7.15. The summed E-state index contributed by atoms with van der Waals surface area (Å²) in [7, 11) is 0. The first-order valence-corrected chi connectivity index (χ1v) is 6.90. The first-order valence-electron chi connectivity index (χ1n) is 5.32. The van der Waals surface area contributed by atoms with E-state index >= 15 is 0 Å². The van der Waals surface area contributed by atoms with E-state index in [0.717, 1.165) is 21.3 Å². The quantitative estimate of drug-likeness (QED) is 0.763. The van der Waals surface area contributed by atoms with Crippen LogP contribution in [0.1, 0.15) is 25.3 Å². The standard InChI is InChI=1S/C12H14Br2O2/c1-7(2)9-3-4-10(12(14)11(9)13)16-6-8-5-15-8/h3-4,7-8H,5-6H2,1-2H3. The van der Waals surface area contributed by atoms with Gasteiger partial charge < -0.3 is 9.47 Å². The third-order valence-electron chi connectivity index (χ3n) is 2.53. The van der Waals surface area contributed by atoms with Gasteiger partial charge in [0.1, 0.15) is 18.5 Å². The third kappa shape index (κ3) is 2.79. The molecule has 1 fully saturated rings. The highest BCUT2D eigenvalue weighted by Gasteiger charge is 2.23. The maximum atomic E-state index is 5.67. The van der Waals surface area contributed by atoms with Gasteiger partial charge in [-0.25, -0.2) is 0 Å². The van der Waals surface area contributed by atoms with E-state index in [2.05, 4.69) is 51.8 Å². The lowest BCUT2D eigenvalue weighted by Gasteiger charge is -2.13. The van der Waals surface area contributed by atoms with Gasteiger partial charge in [-0.05, 0) is 49.4 Å². The van der Waals surface area contributed by atoms with Crippen molar-refractivity contribution in [3.05, 3.63) is 26.6 Å². The molecule has 1 unspecified atom stereocenters. The lowest BCUT2D eigenvalue weighted by atomic mass is 10.0. The van der Waals surface area contributed by atoms with Gasteiger partial charge in [0.25, 0.3) is 0 Å². The van der Waals surface area contributed by atoms with Crippen molar-refractivity contribution in [3.8, 4) is 5.75 Å². The molecule has 0 radical (unpaired) electrons. The SMILES string of the molecule is CC(C)c1ccc(OCC2CO2)c(Br)c1Br. The molecule has 0 bridgehead atoms. The predicted octanol–water partition coefficient (Wildman–Crippen LogP) is 4.11. The van der Waals surface area contributed by atoms with Crippen LogP contribution in [0.2, 0.25) is 0 Å². The highest BCUT2D eigenvalue weighted by Crippen LogP contribution is 2.38. The monoisotopic (exact) mass is 348 g/mol. The molecule has 0 aliphatic carbocycles. The lowest BCUT2D eigenvalue weighted by Crippen LogP contribution is -2.05. The van der Waals surface area contributed by atoms with Gasteiger partial charge in [-0.15, -0.1) is 0 Å². The van der Waals surface area contributed by atoms with Crippen molar-refractivity contribution in [2.24, 2.45) is 0 Å². The second kappa shape index (κ2) is 5.07. The van der Waals surface area contributed by atoms with E-state index in [1.54, 1.807) is 0 Å². The average molecular weight is 350 g/mol. The number of halogens is 2. The molecule has 2 rings (SSSR count). The van der Waals surface area contributed by atoms with Crippen LogP contribution in [0.4, 0.5) is 0 Å². The minimum absolute atomic E-state index is 0.287. The molecule has 0 N–H and O–H groups in total. The highest BCUT2D eigenvalue weighted by atomic mass is 79.9. The molecule has 0 amide bonds. The average Bonchev–Trinajstić information content (AvgIpc) is 3.03. The first kappa shape index (κ1) is 12.4. The van der Waals surface area contributed by atoms with Crippen LogP contribution in [0.3, 0.4) is 0 Å². The van der Waals surface area contributed by atoms with E-state index in [1.807, 2.05) is 6.07 Å². The molecule has 2 nitrogen and oxygen atoms in total. The zero-order chi connectivity index (χ0) is 11.7. The first-order chi connectivity index (χ1) is 7.59. The Labute approximate surface area is 113 Å². The zero-order valence-electron chi connectivity index (χ0n) is 9.30. The molecule has 1 heterocycles. The van der Waals surface area contributed by atoms with E-state index in [1.165, 1.54) is 5.56 Å². The van der Waals surface area contributed by atoms with Crippen LogP contribution in [0.25, 0.3) is 0 Å². The summed E-state index contributed by atoms with van der Waals surface area (Å²) in [6.45, 7) is 5.80. The van der Waals surface area contributed by atoms with Crippen LogP contribution in [0.15, 0.2) is 21.1 Å². The van der Waals surface area contributed by atoms with Crippen LogP contribution < -0.4 is 4.74 Å². The van der Waals surface area contributed by atoms with Crippen molar-refractivity contribution in [2.75, 3.05) is 13.2 Å². The fourth-order valence-corrected chi connectivity index (χ4v) is 2.71. The van der Waals surface area contributed by atoms with Gasteiger partial charge in [-0.2, -0.15) is 0 Å². The smallest absolute Gasteiger partial charge is 0.134 e. The molecule has 1 atom stereocenters. The summed E-state index contributed by atoms with van der Waals surface area (Å²) in [5.74, 6) is 1.36. The topological polar surface area (TPSA) is 21.8 Å². The molecule has 88 valence electrons. The Morgan fingerprint density at radius 2 is 2.06 bits per heavy atom. The molecule has 1 aromatic carbocycles. The Morgan fingerprint density at radius 1 is 1.38 bits per heavy atom. The maximum absolute atomic E-state index is 5.67. The van der Waals surface area contributed by atoms with Crippen LogP contribution in [-0.2, 0) is 4.74 Å². The highest BCUT2D eigenvalue weighted by molar-refractivity contribution is 9.13. The Bertz CT molecular complexity index is 387. The second-order valence-electron chi connectivity index (χ2n) is 4.20. The Morgan fingerprint density at radius 3 is 2.62 bits per heavy atom. The van der Waals surface area contributed by atoms with Crippen molar-refractivity contribution >= 4 is 31.9 Å². The zero-order valence-corrected chi connectivity index (χ0v) is 12.5. The number of benzene rings is 1. The number of hydrogen-bond acceptors (Lipinski definition) is 2. The van der Waals surface area contributed by atoms with Crippen LogP contribution in [0.5, 0.6) is 5.75 Å². The third-order valence-corrected chi connectivity index (χ3v) is 4.70. The minimum Gasteiger partial charge on any atom is -0.490 e. The van der Waals surface area contributed by atoms with Gasteiger partial charge in [0.15, 0.2) is 0 Å². The second-order valence-corrected chi connectivity index (χ2v) is 5.79. The molecule has 0 aromatic heterocycles. The van der Waals surface area contributed by atoms with E-state index < -0.39 is 0 Å². The van der Waals surface area contributed by atoms with Gasteiger partial charge in [0.05, 0.1) is 11.1 Å². The van der Waals surface area contributed by atoms with E-state index in [4.69, 9.17) is 9.47 Å².